The zero-order chi connectivity index (χ0) is 53.2. The van der Waals surface area contributed by atoms with Gasteiger partial charge in [0.05, 0.1) is 46.2 Å². The first-order valence-corrected chi connectivity index (χ1v) is 21.0. The van der Waals surface area contributed by atoms with Gasteiger partial charge in [-0.3, -0.25) is 9.59 Å². The molecule has 0 aliphatic carbocycles. The van der Waals surface area contributed by atoms with Crippen LogP contribution in [0.2, 0.25) is 0 Å². The standard InChI is InChI=1S/C28H28F4N2O5.C21H22F4N2O5/c1-26(2,21-14-20(29)11-12-22(21)37-3)17-27(28(30,31)32,39-16-18-8-6-5-7-9-18)25(36)34-23-13-10-19(15-33-23)24(35)38-4;1-19(2,14-9-13(22)6-7-15(14)31-3)11-20(30,21(23,24)25)18(29)27-16-8-5-12(10-26-16)17(28)32-4/h5-15H,16-17H2,1-4H3,(H,33,34,36);5-10,30H,11H2,1-4H3,(H,26,27,29). The highest BCUT2D eigenvalue weighted by atomic mass is 19.4. The van der Waals surface area contributed by atoms with E-state index in [0.717, 1.165) is 56.9 Å². The van der Waals surface area contributed by atoms with Crippen molar-refractivity contribution in [3.8, 4) is 11.5 Å². The highest BCUT2D eigenvalue weighted by Gasteiger charge is 2.64. The van der Waals surface area contributed by atoms with Crippen molar-refractivity contribution in [3.05, 3.63) is 143 Å². The third kappa shape index (κ3) is 13.6. The second kappa shape index (κ2) is 22.7. The lowest BCUT2D eigenvalue weighted by Crippen LogP contribution is -2.59. The Morgan fingerprint density at radius 2 is 1.01 bits per heavy atom. The van der Waals surface area contributed by atoms with E-state index >= 15 is 0 Å². The van der Waals surface area contributed by atoms with Gasteiger partial charge in [0.2, 0.25) is 11.2 Å². The number of nitrogens with zero attached hydrogens (tertiary/aromatic N) is 2. The van der Waals surface area contributed by atoms with Gasteiger partial charge in [-0.2, -0.15) is 26.3 Å². The van der Waals surface area contributed by atoms with Crippen molar-refractivity contribution in [3.63, 3.8) is 0 Å². The molecule has 2 unspecified atom stereocenters. The highest BCUT2D eigenvalue weighted by molar-refractivity contribution is 5.98. The number of aliphatic hydroxyl groups is 1. The van der Waals surface area contributed by atoms with Crippen LogP contribution < -0.4 is 20.1 Å². The van der Waals surface area contributed by atoms with E-state index in [1.165, 1.54) is 72.2 Å². The number of anilines is 2. The van der Waals surface area contributed by atoms with Crippen LogP contribution in [0.25, 0.3) is 0 Å². The molecule has 2 amide bonds. The number of rotatable bonds is 17. The molecule has 3 N–H and O–H groups in total. The number of carbonyl (C=O) groups is 4. The Kier molecular flexibility index (Phi) is 18.0. The monoisotopic (exact) mass is 1010 g/mol. The normalized spacial score (nSPS) is 13.5. The maximum absolute atomic E-state index is 15.0. The summed E-state index contributed by atoms with van der Waals surface area (Å²) in [6.07, 6.45) is -10.6. The number of carbonyl (C=O) groups excluding carboxylic acids is 4. The first-order chi connectivity index (χ1) is 33.1. The van der Waals surface area contributed by atoms with E-state index in [-0.39, 0.29) is 45.4 Å². The first-order valence-electron chi connectivity index (χ1n) is 21.0. The largest absolute Gasteiger partial charge is 0.496 e. The number of ether oxygens (including phenoxy) is 5. The number of pyridine rings is 2. The number of hydrogen-bond donors (Lipinski definition) is 3. The van der Waals surface area contributed by atoms with Crippen LogP contribution in [-0.2, 0) is 41.2 Å². The lowest BCUT2D eigenvalue weighted by molar-refractivity contribution is -0.274. The molecule has 0 saturated carbocycles. The molecule has 3 aromatic carbocycles. The minimum Gasteiger partial charge on any atom is -0.496 e. The summed E-state index contributed by atoms with van der Waals surface area (Å²) in [5.74, 6) is -6.47. The SMILES string of the molecule is COC(=O)c1ccc(NC(=O)C(CC(C)(C)c2cc(F)ccc2OC)(OCc2ccccc2)C(F)(F)F)nc1.COC(=O)c1ccc(NC(=O)C(O)(CC(C)(C)c2cc(F)ccc2OC)C(F)(F)F)nc1. The third-order valence-electron chi connectivity index (χ3n) is 11.0. The lowest BCUT2D eigenvalue weighted by Gasteiger charge is -2.40. The van der Waals surface area contributed by atoms with Gasteiger partial charge in [-0.05, 0) is 77.1 Å². The molecule has 22 heteroatoms. The van der Waals surface area contributed by atoms with Crippen molar-refractivity contribution in [2.45, 2.75) is 81.5 Å². The first kappa shape index (κ1) is 56.4. The molecule has 0 bridgehead atoms. The summed E-state index contributed by atoms with van der Waals surface area (Å²) in [5.41, 5.74) is -9.65. The van der Waals surface area contributed by atoms with Gasteiger partial charge in [-0.1, -0.05) is 58.0 Å². The zero-order valence-electron chi connectivity index (χ0n) is 39.5. The van der Waals surface area contributed by atoms with Crippen LogP contribution in [0.15, 0.2) is 103 Å². The van der Waals surface area contributed by atoms with Crippen LogP contribution in [0, 0.1) is 11.6 Å². The number of methoxy groups -OCH3 is 4. The number of esters is 2. The number of aromatic nitrogens is 2. The van der Waals surface area contributed by atoms with Crippen molar-refractivity contribution in [2.75, 3.05) is 39.1 Å². The van der Waals surface area contributed by atoms with Gasteiger partial charge < -0.3 is 39.4 Å². The predicted molar refractivity (Wildman–Crippen MR) is 241 cm³/mol. The fourth-order valence-corrected chi connectivity index (χ4v) is 7.32. The molecular weight excluding hydrogens is 957 g/mol. The van der Waals surface area contributed by atoms with Crippen LogP contribution >= 0.6 is 0 Å². The van der Waals surface area contributed by atoms with Crippen LogP contribution in [0.1, 0.15) is 77.9 Å². The fraction of sp³-hybridized carbons (Fsp3) is 0.347. The molecule has 5 rings (SSSR count). The predicted octanol–water partition coefficient (Wildman–Crippen LogP) is 9.46. The summed E-state index contributed by atoms with van der Waals surface area (Å²) in [7, 11) is 4.87. The number of benzene rings is 3. The Labute approximate surface area is 402 Å². The minimum absolute atomic E-state index is 0.0101. The average Bonchev–Trinajstić information content (AvgIpc) is 3.32. The van der Waals surface area contributed by atoms with E-state index in [2.05, 4.69) is 24.8 Å². The lowest BCUT2D eigenvalue weighted by atomic mass is 9.74. The summed E-state index contributed by atoms with van der Waals surface area (Å²) in [4.78, 5) is 56.7. The van der Waals surface area contributed by atoms with E-state index in [9.17, 15) is 59.4 Å². The highest BCUT2D eigenvalue weighted by Crippen LogP contribution is 2.47. The molecule has 0 spiro atoms. The molecule has 2 aromatic heterocycles. The maximum atomic E-state index is 15.0. The molecule has 14 nitrogen and oxygen atoms in total. The van der Waals surface area contributed by atoms with Gasteiger partial charge in [0.25, 0.3) is 11.8 Å². The topological polar surface area (TPSA) is 184 Å². The average molecular weight is 1010 g/mol. The summed E-state index contributed by atoms with van der Waals surface area (Å²) in [6.45, 7) is 4.97. The Bertz CT molecular complexity index is 2650. The van der Waals surface area contributed by atoms with Crippen LogP contribution in [-0.4, -0.2) is 90.8 Å². The summed E-state index contributed by atoms with van der Waals surface area (Å²) >= 11 is 0. The summed E-state index contributed by atoms with van der Waals surface area (Å²) < 4.78 is 139. The van der Waals surface area contributed by atoms with Gasteiger partial charge in [0.1, 0.15) is 34.8 Å². The van der Waals surface area contributed by atoms with Crippen LogP contribution in [0.3, 0.4) is 0 Å². The molecule has 0 fully saturated rings. The van der Waals surface area contributed by atoms with Crippen molar-refractivity contribution < 1.29 is 83.1 Å². The summed E-state index contributed by atoms with van der Waals surface area (Å²) in [5, 5.41) is 14.6. The molecule has 2 atom stereocenters. The second-order valence-electron chi connectivity index (χ2n) is 17.0. The van der Waals surface area contributed by atoms with Crippen molar-refractivity contribution >= 4 is 35.4 Å². The van der Waals surface area contributed by atoms with Crippen molar-refractivity contribution in [2.24, 2.45) is 0 Å². The quantitative estimate of drug-likeness (QED) is 0.0593. The second-order valence-corrected chi connectivity index (χ2v) is 17.0. The Balaban J connectivity index is 0.000000315. The van der Waals surface area contributed by atoms with Crippen molar-refractivity contribution in [1.82, 2.24) is 9.97 Å². The van der Waals surface area contributed by atoms with Gasteiger partial charge >= 0.3 is 24.3 Å². The molecule has 0 saturated heterocycles. The zero-order valence-corrected chi connectivity index (χ0v) is 39.5. The number of amides is 2. The molecule has 0 aliphatic heterocycles. The Hall–Kier alpha value is -7.20. The third-order valence-corrected chi connectivity index (χ3v) is 11.0. The Morgan fingerprint density at radius 1 is 0.577 bits per heavy atom. The summed E-state index contributed by atoms with van der Waals surface area (Å²) in [6, 6.07) is 19.6. The number of halogens is 8. The van der Waals surface area contributed by atoms with Gasteiger partial charge in [-0.25, -0.2) is 28.3 Å². The van der Waals surface area contributed by atoms with E-state index in [1.54, 1.807) is 30.3 Å². The fourth-order valence-electron chi connectivity index (χ4n) is 7.32. The molecule has 5 aromatic rings. The van der Waals surface area contributed by atoms with Gasteiger partial charge in [0, 0.05) is 36.4 Å². The van der Waals surface area contributed by atoms with Crippen LogP contribution in [0.4, 0.5) is 46.8 Å². The van der Waals surface area contributed by atoms with Crippen molar-refractivity contribution in [1.29, 1.82) is 0 Å². The number of nitrogens with one attached hydrogen (secondary N) is 2. The molecule has 382 valence electrons. The van der Waals surface area contributed by atoms with E-state index < -0.39 is 89.2 Å². The van der Waals surface area contributed by atoms with E-state index in [4.69, 9.17) is 14.2 Å². The molecule has 0 aliphatic rings. The minimum atomic E-state index is -5.37. The van der Waals surface area contributed by atoms with E-state index in [1.807, 2.05) is 5.32 Å². The molecular formula is C49H50F8N4O10. The molecule has 71 heavy (non-hydrogen) atoms. The Morgan fingerprint density at radius 3 is 1.39 bits per heavy atom. The van der Waals surface area contributed by atoms with Gasteiger partial charge in [0.15, 0.2) is 0 Å². The molecule has 2 heterocycles. The van der Waals surface area contributed by atoms with Crippen LogP contribution in [0.5, 0.6) is 11.5 Å². The van der Waals surface area contributed by atoms with E-state index in [0.29, 0.717) is 5.56 Å². The van der Waals surface area contributed by atoms with Gasteiger partial charge in [-0.15, -0.1) is 0 Å². The number of alkyl halides is 6. The maximum Gasteiger partial charge on any atom is 0.426 e. The smallest absolute Gasteiger partial charge is 0.426 e. The molecule has 0 radical (unpaired) electrons. The number of hydrogen-bond acceptors (Lipinski definition) is 12.